The third-order valence-corrected chi connectivity index (χ3v) is 3.44. The molecule has 2 aromatic rings. The Bertz CT molecular complexity index is 1110. The molecule has 1 fully saturated rings. The summed E-state index contributed by atoms with van der Waals surface area (Å²) in [5.74, 6) is -4.30. The molecule has 7 heteroatoms. The Balaban J connectivity index is 2.28. The molecule has 0 radical (unpaired) electrons. The SMILES string of the molecule is [2H]C([2H])([N+]#[C-])C(=O)N1C([2H])([2H])[C@H](N(C)c2ncnc3[nH]ccc23)[C@]([2H])(C)C([2H])([2H])C1([2H])[2H]. The minimum absolute atomic E-state index is 0.0856. The van der Waals surface area contributed by atoms with Gasteiger partial charge in [-0.15, -0.1) is 0 Å². The number of rotatable bonds is 3. The standard InChI is InChI=1S/C16H20N6O/c1-11-5-7-22(14(23)8-17-2)9-13(11)21(3)16-12-4-6-18-15(12)19-10-20-16/h4,6,10-11,13H,5,7-9H2,1,3H3,(H,18,19,20)/t11-,13+/m1/s1/i5D2,7D2,8D2,9D2,11D. The number of likely N-dealkylation sites (N-methyl/N-ethyl adjacent to an activating group) is 1. The molecule has 0 saturated carbocycles. The van der Waals surface area contributed by atoms with E-state index in [4.69, 9.17) is 18.9 Å². The van der Waals surface area contributed by atoms with Crippen LogP contribution in [0.15, 0.2) is 18.6 Å². The van der Waals surface area contributed by atoms with E-state index in [1.54, 1.807) is 12.3 Å². The van der Waals surface area contributed by atoms with Crippen LogP contribution in [0.2, 0.25) is 0 Å². The van der Waals surface area contributed by atoms with E-state index in [-0.39, 0.29) is 10.7 Å². The molecule has 0 spiro atoms. The Kier molecular flexibility index (Phi) is 2.11. The first-order chi connectivity index (χ1) is 14.5. The first-order valence-electron chi connectivity index (χ1n) is 11.2. The molecule has 0 bridgehead atoms. The molecule has 1 amide bonds. The topological polar surface area (TPSA) is 69.5 Å². The fraction of sp³-hybridized carbons (Fsp3) is 0.500. The van der Waals surface area contributed by atoms with E-state index < -0.39 is 43.7 Å². The summed E-state index contributed by atoms with van der Waals surface area (Å²) >= 11 is 0. The maximum absolute atomic E-state index is 12.8. The second-order valence-corrected chi connectivity index (χ2v) is 4.86. The monoisotopic (exact) mass is 321 g/mol. The Labute approximate surface area is 147 Å². The number of aromatic nitrogens is 3. The molecule has 1 saturated heterocycles. The molecule has 120 valence electrons. The number of hydrogen-bond acceptors (Lipinski definition) is 4. The highest BCUT2D eigenvalue weighted by atomic mass is 16.2. The minimum atomic E-state index is -3.46. The molecule has 0 unspecified atom stereocenters. The second-order valence-electron chi connectivity index (χ2n) is 4.86. The molecule has 1 aliphatic heterocycles. The number of nitrogens with one attached hydrogen (secondary N) is 1. The number of H-pyrrole nitrogens is 1. The van der Waals surface area contributed by atoms with Crippen LogP contribution in [0.4, 0.5) is 5.82 Å². The molecule has 3 rings (SSSR count). The summed E-state index contributed by atoms with van der Waals surface area (Å²) in [6, 6.07) is -0.290. The first kappa shape index (κ1) is 7.77. The third-order valence-electron chi connectivity index (χ3n) is 3.44. The summed E-state index contributed by atoms with van der Waals surface area (Å²) in [5.41, 5.74) is 0.375. The van der Waals surface area contributed by atoms with Crippen molar-refractivity contribution >= 4 is 22.8 Å². The van der Waals surface area contributed by atoms with Gasteiger partial charge in [-0.25, -0.2) is 16.5 Å². The second kappa shape index (κ2) is 6.24. The maximum Gasteiger partial charge on any atom is 0.302 e. The molecule has 2 atom stereocenters. The lowest BCUT2D eigenvalue weighted by Gasteiger charge is -2.41. The molecular weight excluding hydrogens is 292 g/mol. The molecule has 23 heavy (non-hydrogen) atoms. The number of piperidine rings is 1. The molecule has 3 heterocycles. The summed E-state index contributed by atoms with van der Waals surface area (Å²) in [7, 11) is 1.31. The zero-order valence-corrected chi connectivity index (χ0v) is 12.5. The Hall–Kier alpha value is -2.62. The van der Waals surface area contributed by atoms with Gasteiger partial charge in [-0.2, -0.15) is 0 Å². The molecule has 0 aliphatic carbocycles. The van der Waals surface area contributed by atoms with Crippen LogP contribution in [-0.4, -0.2) is 58.3 Å². The highest BCUT2D eigenvalue weighted by Crippen LogP contribution is 2.28. The average Bonchev–Trinajstić information content (AvgIpc) is 3.14. The van der Waals surface area contributed by atoms with Gasteiger partial charge in [0.2, 0.25) is 0 Å². The van der Waals surface area contributed by atoms with Gasteiger partial charge in [0, 0.05) is 33.1 Å². The van der Waals surface area contributed by atoms with Crippen LogP contribution in [0.5, 0.6) is 0 Å². The first-order valence-corrected chi connectivity index (χ1v) is 6.70. The largest absolute Gasteiger partial charge is 0.354 e. The van der Waals surface area contributed by atoms with Gasteiger partial charge in [-0.1, -0.05) is 6.92 Å². The number of carbonyl (C=O) groups is 1. The van der Waals surface area contributed by atoms with Gasteiger partial charge in [0.1, 0.15) is 20.5 Å². The van der Waals surface area contributed by atoms with Crippen LogP contribution >= 0.6 is 0 Å². The summed E-state index contributed by atoms with van der Waals surface area (Å²) in [5, 5.41) is 0.408. The lowest BCUT2D eigenvalue weighted by Crippen LogP contribution is -2.53. The van der Waals surface area contributed by atoms with Gasteiger partial charge >= 0.3 is 5.91 Å². The Morgan fingerprint density at radius 3 is 3.35 bits per heavy atom. The van der Waals surface area contributed by atoms with Crippen LogP contribution in [0, 0.1) is 12.5 Å². The van der Waals surface area contributed by atoms with Crippen molar-refractivity contribution in [3.8, 4) is 0 Å². The smallest absolute Gasteiger partial charge is 0.302 e. The zero-order chi connectivity index (χ0) is 24.5. The number of likely N-dealkylation sites (tertiary alicyclic amines) is 1. The van der Waals surface area contributed by atoms with E-state index in [1.807, 2.05) is 0 Å². The predicted molar refractivity (Wildman–Crippen MR) is 87.9 cm³/mol. The van der Waals surface area contributed by atoms with Crippen molar-refractivity contribution < 1.29 is 17.1 Å². The van der Waals surface area contributed by atoms with E-state index in [9.17, 15) is 4.79 Å². The van der Waals surface area contributed by atoms with Gasteiger partial charge < -0.3 is 19.6 Å². The van der Waals surface area contributed by atoms with Gasteiger partial charge in [0.25, 0.3) is 6.50 Å². The highest BCUT2D eigenvalue weighted by molar-refractivity contribution is 5.87. The summed E-state index contributed by atoms with van der Waals surface area (Å²) in [4.78, 5) is 27.2. The summed E-state index contributed by atoms with van der Waals surface area (Å²) in [6.07, 6.45) is -0.481. The van der Waals surface area contributed by atoms with Crippen LogP contribution in [0.1, 0.15) is 25.6 Å². The number of fused-ring (bicyclic) bond motifs is 1. The van der Waals surface area contributed by atoms with Crippen LogP contribution < -0.4 is 4.90 Å². The number of anilines is 1. The van der Waals surface area contributed by atoms with Crippen molar-refractivity contribution in [2.45, 2.75) is 19.3 Å². The minimum Gasteiger partial charge on any atom is -0.354 e. The van der Waals surface area contributed by atoms with Gasteiger partial charge in [0.15, 0.2) is 0 Å². The lowest BCUT2D eigenvalue weighted by atomic mass is 9.92. The molecule has 7 nitrogen and oxygen atoms in total. The zero-order valence-electron chi connectivity index (χ0n) is 21.5. The molecule has 2 aromatic heterocycles. The number of amides is 1. The Morgan fingerprint density at radius 2 is 2.57 bits per heavy atom. The number of carbonyl (C=O) groups excluding carboxylic acids is 1. The lowest BCUT2D eigenvalue weighted by molar-refractivity contribution is -0.130. The molecule has 0 aromatic carbocycles. The van der Waals surface area contributed by atoms with Crippen molar-refractivity contribution in [2.24, 2.45) is 5.89 Å². The van der Waals surface area contributed by atoms with Crippen molar-refractivity contribution in [1.82, 2.24) is 19.9 Å². The summed E-state index contributed by atoms with van der Waals surface area (Å²) < 4.78 is 74.5. The predicted octanol–water partition coefficient (Wildman–Crippen LogP) is 1.55. The number of hydrogen-bond donors (Lipinski definition) is 1. The van der Waals surface area contributed by atoms with E-state index in [1.165, 1.54) is 13.4 Å². The molecule has 1 aliphatic rings. The van der Waals surface area contributed by atoms with Gasteiger partial charge in [-0.05, 0) is 18.3 Å². The van der Waals surface area contributed by atoms with Crippen LogP contribution in [0.25, 0.3) is 15.9 Å². The maximum atomic E-state index is 12.8. The van der Waals surface area contributed by atoms with Crippen LogP contribution in [-0.2, 0) is 4.79 Å². The fourth-order valence-electron chi connectivity index (χ4n) is 2.31. The quantitative estimate of drug-likeness (QED) is 0.871. The fourth-order valence-corrected chi connectivity index (χ4v) is 2.31. The van der Waals surface area contributed by atoms with Crippen LogP contribution in [0.3, 0.4) is 0 Å². The number of aromatic amines is 1. The molecule has 1 N–H and O–H groups in total. The van der Waals surface area contributed by atoms with Crippen molar-refractivity contribution in [2.75, 3.05) is 31.4 Å². The van der Waals surface area contributed by atoms with E-state index in [0.717, 1.165) is 11.8 Å². The summed E-state index contributed by atoms with van der Waals surface area (Å²) in [6.45, 7) is -2.02. The third kappa shape index (κ3) is 2.84. The van der Waals surface area contributed by atoms with Crippen molar-refractivity contribution in [1.29, 1.82) is 0 Å². The van der Waals surface area contributed by atoms with Gasteiger partial charge in [0.05, 0.1) is 14.2 Å². The van der Waals surface area contributed by atoms with E-state index in [0.29, 0.717) is 11.0 Å². The van der Waals surface area contributed by atoms with Crippen molar-refractivity contribution in [3.05, 3.63) is 30.0 Å². The normalized spacial score (nSPS) is 37.3. The highest BCUT2D eigenvalue weighted by Gasteiger charge is 2.33. The van der Waals surface area contributed by atoms with E-state index >= 15 is 0 Å². The van der Waals surface area contributed by atoms with Gasteiger partial charge in [-0.3, -0.25) is 4.79 Å². The Morgan fingerprint density at radius 1 is 1.74 bits per heavy atom. The average molecular weight is 321 g/mol. The molecular formula is C16H20N6O. The number of nitrogens with zero attached hydrogens (tertiary/aromatic N) is 5. The van der Waals surface area contributed by atoms with E-state index in [2.05, 4.69) is 19.8 Å². The van der Waals surface area contributed by atoms with Crippen molar-refractivity contribution in [3.63, 3.8) is 0 Å².